The summed E-state index contributed by atoms with van der Waals surface area (Å²) in [7, 11) is 0. The third-order valence-electron chi connectivity index (χ3n) is 3.39. The van der Waals surface area contributed by atoms with Crippen molar-refractivity contribution >= 4 is 23.2 Å². The number of nitrogens with one attached hydrogen (secondary N) is 1. The maximum Gasteiger partial charge on any atom is 0.273 e. The second-order valence-electron chi connectivity index (χ2n) is 5.01. The van der Waals surface area contributed by atoms with E-state index >= 15 is 0 Å². The monoisotopic (exact) mass is 318 g/mol. The minimum absolute atomic E-state index is 0.0632. The fourth-order valence-corrected chi connectivity index (χ4v) is 2.19. The zero-order chi connectivity index (χ0) is 16.3. The highest BCUT2D eigenvalue weighted by atomic mass is 35.5. The van der Waals surface area contributed by atoms with Crippen molar-refractivity contribution in [3.63, 3.8) is 0 Å². The first kappa shape index (κ1) is 16.0. The van der Waals surface area contributed by atoms with E-state index in [0.717, 1.165) is 5.56 Å². The van der Waals surface area contributed by atoms with Crippen LogP contribution in [0.25, 0.3) is 0 Å². The van der Waals surface area contributed by atoms with Crippen molar-refractivity contribution in [3.05, 3.63) is 74.3 Å². The van der Waals surface area contributed by atoms with Gasteiger partial charge in [0.1, 0.15) is 0 Å². The summed E-state index contributed by atoms with van der Waals surface area (Å²) < 4.78 is 0. The largest absolute Gasteiger partial charge is 0.346 e. The molecule has 22 heavy (non-hydrogen) atoms. The Morgan fingerprint density at radius 3 is 2.45 bits per heavy atom. The van der Waals surface area contributed by atoms with Gasteiger partial charge in [-0.25, -0.2) is 0 Å². The fraction of sp³-hybridized carbons (Fsp3) is 0.188. The van der Waals surface area contributed by atoms with Crippen LogP contribution in [-0.2, 0) is 0 Å². The number of carbonyl (C=O) groups excluding carboxylic acids is 1. The highest BCUT2D eigenvalue weighted by Gasteiger charge is 2.16. The number of benzene rings is 2. The van der Waals surface area contributed by atoms with Crippen molar-refractivity contribution < 1.29 is 9.72 Å². The van der Waals surface area contributed by atoms with Crippen LogP contribution in [0.15, 0.2) is 42.5 Å². The lowest BCUT2D eigenvalue weighted by Crippen LogP contribution is -2.26. The van der Waals surface area contributed by atoms with Gasteiger partial charge in [-0.3, -0.25) is 14.9 Å². The molecule has 2 rings (SSSR count). The Hall–Kier alpha value is -2.40. The average Bonchev–Trinajstić information content (AvgIpc) is 2.47. The molecule has 5 nitrogen and oxygen atoms in total. The van der Waals surface area contributed by atoms with Crippen LogP contribution >= 0.6 is 11.6 Å². The molecule has 0 spiro atoms. The number of nitro benzene ring substituents is 1. The van der Waals surface area contributed by atoms with Crippen LogP contribution in [0.3, 0.4) is 0 Å². The standard InChI is InChI=1S/C16H15ClN2O3/c1-10-3-4-13(9-15(10)19(21)22)16(20)18-11(2)12-5-7-14(17)8-6-12/h3-9,11H,1-2H3,(H,18,20). The van der Waals surface area contributed by atoms with E-state index in [2.05, 4.69) is 5.32 Å². The van der Waals surface area contributed by atoms with Crippen LogP contribution < -0.4 is 5.32 Å². The molecule has 0 aliphatic carbocycles. The molecular weight excluding hydrogens is 304 g/mol. The number of carbonyl (C=O) groups is 1. The normalized spacial score (nSPS) is 11.8. The molecule has 0 radical (unpaired) electrons. The highest BCUT2D eigenvalue weighted by molar-refractivity contribution is 6.30. The first-order valence-electron chi connectivity index (χ1n) is 6.70. The number of rotatable bonds is 4. The summed E-state index contributed by atoms with van der Waals surface area (Å²) in [6.07, 6.45) is 0. The maximum atomic E-state index is 12.2. The maximum absolute atomic E-state index is 12.2. The highest BCUT2D eigenvalue weighted by Crippen LogP contribution is 2.21. The van der Waals surface area contributed by atoms with E-state index in [1.165, 1.54) is 6.07 Å². The summed E-state index contributed by atoms with van der Waals surface area (Å²) in [5.41, 5.74) is 1.62. The van der Waals surface area contributed by atoms with Crippen molar-refractivity contribution in [2.24, 2.45) is 0 Å². The predicted molar refractivity (Wildman–Crippen MR) is 85.2 cm³/mol. The molecule has 1 N–H and O–H groups in total. The first-order valence-corrected chi connectivity index (χ1v) is 7.07. The summed E-state index contributed by atoms with van der Waals surface area (Å²) in [5, 5.41) is 14.4. The summed E-state index contributed by atoms with van der Waals surface area (Å²) in [6.45, 7) is 3.47. The van der Waals surface area contributed by atoms with Gasteiger partial charge in [-0.1, -0.05) is 29.8 Å². The number of nitro groups is 1. The number of aryl methyl sites for hydroxylation is 1. The quantitative estimate of drug-likeness (QED) is 0.682. The Balaban J connectivity index is 2.16. The van der Waals surface area contributed by atoms with Crippen LogP contribution in [0.2, 0.25) is 5.02 Å². The molecule has 1 unspecified atom stereocenters. The topological polar surface area (TPSA) is 72.2 Å². The predicted octanol–water partition coefficient (Wildman–Crippen LogP) is 4.05. The first-order chi connectivity index (χ1) is 10.4. The Morgan fingerprint density at radius 2 is 1.86 bits per heavy atom. The lowest BCUT2D eigenvalue weighted by molar-refractivity contribution is -0.385. The molecule has 0 saturated carbocycles. The van der Waals surface area contributed by atoms with Crippen LogP contribution in [0.4, 0.5) is 5.69 Å². The number of nitrogens with zero attached hydrogens (tertiary/aromatic N) is 1. The summed E-state index contributed by atoms with van der Waals surface area (Å²) in [6, 6.07) is 11.3. The number of hydrogen-bond donors (Lipinski definition) is 1. The Labute approximate surface area is 133 Å². The Kier molecular flexibility index (Phi) is 4.78. The minimum Gasteiger partial charge on any atom is -0.346 e. The van der Waals surface area contributed by atoms with Gasteiger partial charge in [0, 0.05) is 22.2 Å². The average molecular weight is 319 g/mol. The number of amides is 1. The molecule has 0 aliphatic heterocycles. The molecule has 0 bridgehead atoms. The van der Waals surface area contributed by atoms with Gasteiger partial charge >= 0.3 is 0 Å². The molecule has 0 heterocycles. The summed E-state index contributed by atoms with van der Waals surface area (Å²) in [4.78, 5) is 22.7. The molecule has 0 aliphatic rings. The van der Waals surface area contributed by atoms with E-state index in [-0.39, 0.29) is 23.2 Å². The third-order valence-corrected chi connectivity index (χ3v) is 3.64. The second kappa shape index (κ2) is 6.58. The van der Waals surface area contributed by atoms with Crippen LogP contribution in [-0.4, -0.2) is 10.8 Å². The van der Waals surface area contributed by atoms with Gasteiger partial charge in [-0.05, 0) is 37.6 Å². The number of halogens is 1. The molecule has 2 aromatic rings. The molecule has 0 aromatic heterocycles. The van der Waals surface area contributed by atoms with Crippen LogP contribution in [0, 0.1) is 17.0 Å². The number of hydrogen-bond acceptors (Lipinski definition) is 3. The van der Waals surface area contributed by atoms with Gasteiger partial charge in [0.05, 0.1) is 11.0 Å². The second-order valence-corrected chi connectivity index (χ2v) is 5.44. The van der Waals surface area contributed by atoms with Crippen LogP contribution in [0.5, 0.6) is 0 Å². The smallest absolute Gasteiger partial charge is 0.273 e. The van der Waals surface area contributed by atoms with E-state index in [0.29, 0.717) is 10.6 Å². The molecule has 2 aromatic carbocycles. The summed E-state index contributed by atoms with van der Waals surface area (Å²) in [5.74, 6) is -0.356. The molecule has 6 heteroatoms. The lowest BCUT2D eigenvalue weighted by atomic mass is 10.1. The van der Waals surface area contributed by atoms with Crippen molar-refractivity contribution in [2.75, 3.05) is 0 Å². The van der Waals surface area contributed by atoms with Crippen molar-refractivity contribution in [1.29, 1.82) is 0 Å². The van der Waals surface area contributed by atoms with Crippen molar-refractivity contribution in [3.8, 4) is 0 Å². The Bertz CT molecular complexity index is 714. The zero-order valence-corrected chi connectivity index (χ0v) is 12.9. The third kappa shape index (κ3) is 3.62. The van der Waals surface area contributed by atoms with Crippen LogP contribution in [0.1, 0.15) is 34.5 Å². The minimum atomic E-state index is -0.491. The van der Waals surface area contributed by atoms with E-state index in [1.807, 2.05) is 19.1 Å². The SMILES string of the molecule is Cc1ccc(C(=O)NC(C)c2ccc(Cl)cc2)cc1[N+](=O)[O-]. The van der Waals surface area contributed by atoms with Gasteiger partial charge in [0.2, 0.25) is 0 Å². The molecule has 1 atom stereocenters. The van der Waals surface area contributed by atoms with E-state index in [4.69, 9.17) is 11.6 Å². The van der Waals surface area contributed by atoms with Gasteiger partial charge in [-0.15, -0.1) is 0 Å². The molecule has 0 fully saturated rings. The van der Waals surface area contributed by atoms with E-state index in [9.17, 15) is 14.9 Å². The van der Waals surface area contributed by atoms with Gasteiger partial charge < -0.3 is 5.32 Å². The van der Waals surface area contributed by atoms with Gasteiger partial charge in [-0.2, -0.15) is 0 Å². The fourth-order valence-electron chi connectivity index (χ4n) is 2.06. The van der Waals surface area contributed by atoms with Crippen molar-refractivity contribution in [2.45, 2.75) is 19.9 Å². The van der Waals surface area contributed by atoms with Gasteiger partial charge in [0.15, 0.2) is 0 Å². The Morgan fingerprint density at radius 1 is 1.23 bits per heavy atom. The summed E-state index contributed by atoms with van der Waals surface area (Å²) >= 11 is 5.83. The molecular formula is C16H15ClN2O3. The zero-order valence-electron chi connectivity index (χ0n) is 12.2. The van der Waals surface area contributed by atoms with E-state index in [1.54, 1.807) is 31.2 Å². The molecule has 114 valence electrons. The molecule has 1 amide bonds. The van der Waals surface area contributed by atoms with Crippen molar-refractivity contribution in [1.82, 2.24) is 5.32 Å². The van der Waals surface area contributed by atoms with E-state index < -0.39 is 4.92 Å². The molecule has 0 saturated heterocycles. The lowest BCUT2D eigenvalue weighted by Gasteiger charge is -2.14. The van der Waals surface area contributed by atoms with Gasteiger partial charge in [0.25, 0.3) is 11.6 Å².